The molecule has 0 radical (unpaired) electrons. The molecule has 10 heteroatoms. The predicted octanol–water partition coefficient (Wildman–Crippen LogP) is 4.98. The fourth-order valence-electron chi connectivity index (χ4n) is 4.05. The van der Waals surface area contributed by atoms with Crippen molar-refractivity contribution in [3.63, 3.8) is 0 Å². The first kappa shape index (κ1) is 22.8. The van der Waals surface area contributed by atoms with E-state index in [0.717, 1.165) is 48.6 Å². The number of benzene rings is 2. The molecule has 0 amide bonds. The van der Waals surface area contributed by atoms with Gasteiger partial charge in [-0.1, -0.05) is 44.2 Å². The van der Waals surface area contributed by atoms with Gasteiger partial charge in [-0.05, 0) is 42.5 Å². The predicted molar refractivity (Wildman–Crippen MR) is 120 cm³/mol. The van der Waals surface area contributed by atoms with Gasteiger partial charge in [-0.2, -0.15) is 4.37 Å². The number of nitrogens with zero attached hydrogens (tertiary/aromatic N) is 3. The third-order valence-corrected chi connectivity index (χ3v) is 7.86. The first-order chi connectivity index (χ1) is 15.1. The van der Waals surface area contributed by atoms with E-state index in [1.165, 1.54) is 6.33 Å². The third kappa shape index (κ3) is 4.97. The Morgan fingerprint density at radius 1 is 1.19 bits per heavy atom. The monoisotopic (exact) mass is 478 g/mol. The average Bonchev–Trinajstić information content (AvgIpc) is 3.24. The molecule has 0 bridgehead atoms. The van der Waals surface area contributed by atoms with Crippen molar-refractivity contribution >= 4 is 26.7 Å². The van der Waals surface area contributed by atoms with E-state index in [9.17, 15) is 17.2 Å². The van der Waals surface area contributed by atoms with Crippen LogP contribution in [0.25, 0.3) is 0 Å². The largest absolute Gasteiger partial charge is 0.292 e. The summed E-state index contributed by atoms with van der Waals surface area (Å²) in [4.78, 5) is 5.09. The fraction of sp³-hybridized carbons (Fsp3) is 0.364. The van der Waals surface area contributed by atoms with Crippen molar-refractivity contribution in [2.75, 3.05) is 11.3 Å². The van der Waals surface area contributed by atoms with Crippen LogP contribution in [0.3, 0.4) is 0 Å². The minimum atomic E-state index is -4.33. The molecule has 0 unspecified atom stereocenters. The Labute approximate surface area is 190 Å². The minimum absolute atomic E-state index is 0.0180. The van der Waals surface area contributed by atoms with E-state index in [1.54, 1.807) is 0 Å². The second-order valence-corrected chi connectivity index (χ2v) is 11.2. The van der Waals surface area contributed by atoms with Gasteiger partial charge in [0.2, 0.25) is 5.13 Å². The molecule has 3 aromatic rings. The van der Waals surface area contributed by atoms with Crippen LogP contribution in [0.15, 0.2) is 53.7 Å². The van der Waals surface area contributed by atoms with Crippen molar-refractivity contribution in [1.82, 2.24) is 14.3 Å². The summed E-state index contributed by atoms with van der Waals surface area (Å²) in [5.41, 5.74) is 1.38. The minimum Gasteiger partial charge on any atom is -0.292 e. The number of aromatic nitrogens is 2. The molecule has 1 aliphatic rings. The average molecular weight is 479 g/mol. The fourth-order valence-corrected chi connectivity index (χ4v) is 5.79. The maximum Gasteiger partial charge on any atom is 0.266 e. The molecule has 1 aromatic heterocycles. The smallest absolute Gasteiger partial charge is 0.266 e. The first-order valence-corrected chi connectivity index (χ1v) is 12.5. The van der Waals surface area contributed by atoms with E-state index in [0.29, 0.717) is 0 Å². The molecule has 2 heterocycles. The molecule has 1 fully saturated rings. The number of anilines is 1. The van der Waals surface area contributed by atoms with Gasteiger partial charge in [0.25, 0.3) is 10.0 Å². The maximum absolute atomic E-state index is 15.0. The van der Waals surface area contributed by atoms with Gasteiger partial charge in [-0.3, -0.25) is 9.62 Å². The van der Waals surface area contributed by atoms with Crippen LogP contribution >= 0.6 is 11.5 Å². The standard InChI is InChI=1S/C22H24F2N4O2S2/c1-22(2)8-9-28(19(12-22)15-6-4-3-5-7-15)13-16-10-18(24)20(11-17(16)23)32(29,30)27-21-25-14-26-31-21/h3-7,10-11,14,19H,8-9,12-13H2,1-2H3,(H,25,26,27)/t19-/m0/s1. The summed E-state index contributed by atoms with van der Waals surface area (Å²) in [6.45, 7) is 5.34. The van der Waals surface area contributed by atoms with Gasteiger partial charge in [-0.15, -0.1) is 0 Å². The normalized spacial score (nSPS) is 19.1. The van der Waals surface area contributed by atoms with E-state index >= 15 is 0 Å². The van der Waals surface area contributed by atoms with Crippen molar-refractivity contribution < 1.29 is 17.2 Å². The van der Waals surface area contributed by atoms with Crippen LogP contribution in [0.4, 0.5) is 13.9 Å². The number of rotatable bonds is 6. The Morgan fingerprint density at radius 3 is 2.62 bits per heavy atom. The van der Waals surface area contributed by atoms with E-state index < -0.39 is 26.6 Å². The number of hydrogen-bond acceptors (Lipinski definition) is 6. The lowest BCUT2D eigenvalue weighted by Gasteiger charge is -2.44. The number of piperidine rings is 1. The molecule has 0 spiro atoms. The molecule has 0 saturated carbocycles. The van der Waals surface area contributed by atoms with Gasteiger partial charge in [0.15, 0.2) is 0 Å². The Kier molecular flexibility index (Phi) is 6.28. The molecule has 32 heavy (non-hydrogen) atoms. The van der Waals surface area contributed by atoms with Crippen LogP contribution in [0.5, 0.6) is 0 Å². The molecule has 1 saturated heterocycles. The second-order valence-electron chi connectivity index (χ2n) is 8.74. The zero-order valence-corrected chi connectivity index (χ0v) is 19.4. The van der Waals surface area contributed by atoms with Gasteiger partial charge in [0.1, 0.15) is 22.9 Å². The highest BCUT2D eigenvalue weighted by atomic mass is 32.2. The summed E-state index contributed by atoms with van der Waals surface area (Å²) in [5.74, 6) is -1.77. The molecule has 2 aromatic carbocycles. The Balaban J connectivity index is 1.60. The van der Waals surface area contributed by atoms with Gasteiger partial charge in [0, 0.05) is 29.7 Å². The number of likely N-dealkylation sites (tertiary alicyclic amines) is 1. The van der Waals surface area contributed by atoms with Gasteiger partial charge < -0.3 is 0 Å². The molecule has 4 rings (SSSR count). The highest BCUT2D eigenvalue weighted by molar-refractivity contribution is 7.93. The molecule has 1 aliphatic heterocycles. The summed E-state index contributed by atoms with van der Waals surface area (Å²) < 4.78 is 60.6. The van der Waals surface area contributed by atoms with Crippen molar-refractivity contribution in [1.29, 1.82) is 0 Å². The van der Waals surface area contributed by atoms with Crippen molar-refractivity contribution in [2.24, 2.45) is 5.41 Å². The molecule has 1 atom stereocenters. The number of hydrogen-bond donors (Lipinski definition) is 1. The van der Waals surface area contributed by atoms with Crippen molar-refractivity contribution in [2.45, 2.75) is 44.2 Å². The lowest BCUT2D eigenvalue weighted by Crippen LogP contribution is -2.39. The molecular weight excluding hydrogens is 454 g/mol. The summed E-state index contributed by atoms with van der Waals surface area (Å²) in [7, 11) is -4.33. The van der Waals surface area contributed by atoms with Gasteiger partial charge >= 0.3 is 0 Å². The lowest BCUT2D eigenvalue weighted by atomic mass is 9.77. The number of nitrogens with one attached hydrogen (secondary N) is 1. The first-order valence-electron chi connectivity index (χ1n) is 10.2. The Hall–Kier alpha value is -2.43. The summed E-state index contributed by atoms with van der Waals surface area (Å²) in [6.07, 6.45) is 2.99. The molecule has 0 aliphatic carbocycles. The van der Waals surface area contributed by atoms with Crippen molar-refractivity contribution in [3.8, 4) is 0 Å². The molecule has 1 N–H and O–H groups in total. The SMILES string of the molecule is CC1(C)CCN(Cc2cc(F)c(S(=O)(=O)Nc3ncns3)cc2F)[C@H](c2ccccc2)C1. The van der Waals surface area contributed by atoms with Crippen molar-refractivity contribution in [3.05, 3.63) is 71.6 Å². The van der Waals surface area contributed by atoms with Crippen LogP contribution in [0, 0.1) is 17.0 Å². The topological polar surface area (TPSA) is 75.2 Å². The summed E-state index contributed by atoms with van der Waals surface area (Å²) in [5, 5.41) is -0.0180. The van der Waals surface area contributed by atoms with Gasteiger partial charge in [0.05, 0.1) is 0 Å². The van der Waals surface area contributed by atoms with E-state index in [2.05, 4.69) is 32.8 Å². The quantitative estimate of drug-likeness (QED) is 0.541. The highest BCUT2D eigenvalue weighted by Crippen LogP contribution is 2.42. The summed E-state index contributed by atoms with van der Waals surface area (Å²) >= 11 is 0.805. The Morgan fingerprint density at radius 2 is 1.94 bits per heavy atom. The zero-order valence-electron chi connectivity index (χ0n) is 17.8. The third-order valence-electron chi connectivity index (χ3n) is 5.79. The van der Waals surface area contributed by atoms with Crippen LogP contribution in [0.2, 0.25) is 0 Å². The number of halogens is 2. The Bertz CT molecular complexity index is 1190. The maximum atomic E-state index is 15.0. The van der Waals surface area contributed by atoms with E-state index in [1.807, 2.05) is 30.3 Å². The molecule has 6 nitrogen and oxygen atoms in total. The van der Waals surface area contributed by atoms with E-state index in [4.69, 9.17) is 0 Å². The molecule has 170 valence electrons. The van der Waals surface area contributed by atoms with Crippen LogP contribution in [-0.2, 0) is 16.6 Å². The molecular formula is C22H24F2N4O2S2. The van der Waals surface area contributed by atoms with Gasteiger partial charge in [-0.25, -0.2) is 22.2 Å². The van der Waals surface area contributed by atoms with Crippen LogP contribution < -0.4 is 4.72 Å². The summed E-state index contributed by atoms with van der Waals surface area (Å²) in [6, 6.07) is 11.8. The van der Waals surface area contributed by atoms with E-state index in [-0.39, 0.29) is 28.7 Å². The zero-order chi connectivity index (χ0) is 22.9. The second kappa shape index (κ2) is 8.84. The highest BCUT2D eigenvalue weighted by Gasteiger charge is 2.34. The van der Waals surface area contributed by atoms with Crippen LogP contribution in [-0.4, -0.2) is 29.2 Å². The van der Waals surface area contributed by atoms with Crippen LogP contribution in [0.1, 0.15) is 43.9 Å². The lowest BCUT2D eigenvalue weighted by molar-refractivity contribution is 0.0627. The number of sulfonamides is 1.